The molecule has 0 aliphatic rings. The van der Waals surface area contributed by atoms with Gasteiger partial charge < -0.3 is 0 Å². The van der Waals surface area contributed by atoms with E-state index in [9.17, 15) is 4.79 Å². The number of thiol groups is 1. The molecule has 1 aromatic rings. The molecule has 0 unspecified atom stereocenters. The molecule has 0 fully saturated rings. The summed E-state index contributed by atoms with van der Waals surface area (Å²) >= 11 is 27.0. The van der Waals surface area contributed by atoms with Crippen LogP contribution in [0.15, 0.2) is 22.0 Å². The van der Waals surface area contributed by atoms with Crippen LogP contribution >= 0.6 is 59.0 Å². The van der Waals surface area contributed by atoms with E-state index >= 15 is 0 Å². The van der Waals surface area contributed by atoms with E-state index in [1.807, 2.05) is 0 Å². The second-order valence-corrected chi connectivity index (χ2v) is 5.60. The molecule has 0 aliphatic carbocycles. The molecule has 0 saturated heterocycles. The molecule has 0 aliphatic heterocycles. The third-order valence-corrected chi connectivity index (χ3v) is 3.15. The standard InChI is InChI=1S/C8H3Cl4NOS/c9-6-4(8(10,11)12)1-2-5(7(6)15)13-3-14/h1-2,15H. The predicted molar refractivity (Wildman–Crippen MR) is 65.7 cm³/mol. The molecular formula is C8H3Cl4NOS. The average Bonchev–Trinajstić information content (AvgIpc) is 2.11. The first-order valence-corrected chi connectivity index (χ1v) is 5.50. The van der Waals surface area contributed by atoms with Gasteiger partial charge in [0.25, 0.3) is 0 Å². The Kier molecular flexibility index (Phi) is 4.36. The summed E-state index contributed by atoms with van der Waals surface area (Å²) in [6.45, 7) is 0. The van der Waals surface area contributed by atoms with Gasteiger partial charge in [0.05, 0.1) is 10.7 Å². The van der Waals surface area contributed by atoms with E-state index in [0.717, 1.165) is 0 Å². The molecule has 0 radical (unpaired) electrons. The van der Waals surface area contributed by atoms with Gasteiger partial charge in [0.2, 0.25) is 9.87 Å². The Labute approximate surface area is 112 Å². The molecule has 0 amide bonds. The van der Waals surface area contributed by atoms with Crippen LogP contribution in [0.3, 0.4) is 0 Å². The van der Waals surface area contributed by atoms with Crippen LogP contribution < -0.4 is 0 Å². The number of nitrogens with zero attached hydrogens (tertiary/aromatic N) is 1. The lowest BCUT2D eigenvalue weighted by molar-refractivity contribution is 0.565. The van der Waals surface area contributed by atoms with Crippen molar-refractivity contribution < 1.29 is 4.79 Å². The van der Waals surface area contributed by atoms with Crippen molar-refractivity contribution in [1.29, 1.82) is 0 Å². The maximum Gasteiger partial charge on any atom is 0.240 e. The Morgan fingerprint density at radius 1 is 1.33 bits per heavy atom. The van der Waals surface area contributed by atoms with Crippen LogP contribution in [0.1, 0.15) is 5.56 Å². The first-order valence-electron chi connectivity index (χ1n) is 3.54. The molecule has 80 valence electrons. The van der Waals surface area contributed by atoms with Crippen molar-refractivity contribution in [3.63, 3.8) is 0 Å². The van der Waals surface area contributed by atoms with Crippen LogP contribution in [0.4, 0.5) is 5.69 Å². The molecule has 7 heteroatoms. The van der Waals surface area contributed by atoms with Gasteiger partial charge in [0, 0.05) is 10.5 Å². The van der Waals surface area contributed by atoms with E-state index in [0.29, 0.717) is 0 Å². The van der Waals surface area contributed by atoms with Crippen LogP contribution in [0.25, 0.3) is 0 Å². The summed E-state index contributed by atoms with van der Waals surface area (Å²) < 4.78 is -1.64. The first kappa shape index (κ1) is 13.2. The van der Waals surface area contributed by atoms with E-state index in [2.05, 4.69) is 17.6 Å². The summed E-state index contributed by atoms with van der Waals surface area (Å²) in [5, 5.41) is 0.148. The largest absolute Gasteiger partial charge is 0.240 e. The highest BCUT2D eigenvalue weighted by molar-refractivity contribution is 7.80. The lowest BCUT2D eigenvalue weighted by Gasteiger charge is -2.14. The van der Waals surface area contributed by atoms with E-state index in [-0.39, 0.29) is 21.2 Å². The summed E-state index contributed by atoms with van der Waals surface area (Å²) in [5.74, 6) is 0. The fourth-order valence-corrected chi connectivity index (χ4v) is 2.08. The highest BCUT2D eigenvalue weighted by atomic mass is 35.6. The van der Waals surface area contributed by atoms with E-state index < -0.39 is 3.79 Å². The van der Waals surface area contributed by atoms with Gasteiger partial charge in [-0.3, -0.25) is 0 Å². The van der Waals surface area contributed by atoms with Gasteiger partial charge >= 0.3 is 0 Å². The van der Waals surface area contributed by atoms with Crippen molar-refractivity contribution in [3.8, 4) is 0 Å². The van der Waals surface area contributed by atoms with Gasteiger partial charge in [0.1, 0.15) is 0 Å². The molecule has 0 bridgehead atoms. The monoisotopic (exact) mass is 301 g/mol. The molecule has 0 N–H and O–H groups in total. The topological polar surface area (TPSA) is 29.4 Å². The van der Waals surface area contributed by atoms with Gasteiger partial charge in [-0.05, 0) is 6.07 Å². The van der Waals surface area contributed by atoms with Crippen LogP contribution in [-0.4, -0.2) is 6.08 Å². The zero-order valence-electron chi connectivity index (χ0n) is 6.97. The van der Waals surface area contributed by atoms with Gasteiger partial charge in [-0.2, -0.15) is 4.99 Å². The predicted octanol–water partition coefficient (Wildman–Crippen LogP) is 4.42. The maximum absolute atomic E-state index is 10.1. The van der Waals surface area contributed by atoms with Crippen LogP contribution in [0.5, 0.6) is 0 Å². The Bertz CT molecular complexity index is 437. The Morgan fingerprint density at radius 3 is 2.40 bits per heavy atom. The molecule has 0 atom stereocenters. The molecule has 2 nitrogen and oxygen atoms in total. The number of halogens is 4. The summed E-state index contributed by atoms with van der Waals surface area (Å²) in [7, 11) is 0. The maximum atomic E-state index is 10.1. The van der Waals surface area contributed by atoms with Crippen molar-refractivity contribution in [2.45, 2.75) is 8.69 Å². The van der Waals surface area contributed by atoms with Crippen molar-refractivity contribution in [1.82, 2.24) is 0 Å². The van der Waals surface area contributed by atoms with E-state index in [4.69, 9.17) is 46.4 Å². The minimum absolute atomic E-state index is 0.148. The summed E-state index contributed by atoms with van der Waals surface area (Å²) in [4.78, 5) is 13.7. The molecular weight excluding hydrogens is 300 g/mol. The summed E-state index contributed by atoms with van der Waals surface area (Å²) in [5.41, 5.74) is 0.556. The number of alkyl halides is 3. The lowest BCUT2D eigenvalue weighted by atomic mass is 10.2. The van der Waals surface area contributed by atoms with E-state index in [1.165, 1.54) is 18.2 Å². The number of hydrogen-bond donors (Lipinski definition) is 1. The molecule has 0 spiro atoms. The Balaban J connectivity index is 3.40. The average molecular weight is 303 g/mol. The third kappa shape index (κ3) is 3.04. The number of isocyanates is 1. The van der Waals surface area contributed by atoms with Gasteiger partial charge in [-0.25, -0.2) is 4.79 Å². The lowest BCUT2D eigenvalue weighted by Crippen LogP contribution is -2.01. The third-order valence-electron chi connectivity index (χ3n) is 1.57. The fourth-order valence-electron chi connectivity index (χ4n) is 0.913. The Morgan fingerprint density at radius 2 is 1.93 bits per heavy atom. The number of rotatable bonds is 1. The van der Waals surface area contributed by atoms with Gasteiger partial charge in [-0.1, -0.05) is 52.5 Å². The first-order chi connectivity index (χ1) is 6.88. The molecule has 0 heterocycles. The normalized spacial score (nSPS) is 11.0. The van der Waals surface area contributed by atoms with Crippen molar-refractivity contribution >= 4 is 70.8 Å². The van der Waals surface area contributed by atoms with Crippen LogP contribution in [0, 0.1) is 0 Å². The summed E-state index contributed by atoms with van der Waals surface area (Å²) in [6, 6.07) is 2.93. The highest BCUT2D eigenvalue weighted by Crippen LogP contribution is 2.45. The second-order valence-electron chi connectivity index (χ2n) is 2.50. The molecule has 15 heavy (non-hydrogen) atoms. The van der Waals surface area contributed by atoms with Gasteiger partial charge in [0.15, 0.2) is 0 Å². The molecule has 0 saturated carbocycles. The number of aliphatic imine (C=N–C) groups is 1. The molecule has 0 aromatic heterocycles. The smallest absolute Gasteiger partial charge is 0.211 e. The Hall–Kier alpha value is 0.110. The zero-order valence-corrected chi connectivity index (χ0v) is 10.9. The highest BCUT2D eigenvalue weighted by Gasteiger charge is 2.27. The number of carbonyl (C=O) groups excluding carboxylic acids is 1. The molecule has 1 aromatic carbocycles. The number of benzene rings is 1. The van der Waals surface area contributed by atoms with Crippen LogP contribution in [0.2, 0.25) is 5.02 Å². The van der Waals surface area contributed by atoms with Crippen molar-refractivity contribution in [2.75, 3.05) is 0 Å². The number of hydrogen-bond acceptors (Lipinski definition) is 3. The van der Waals surface area contributed by atoms with E-state index in [1.54, 1.807) is 0 Å². The van der Waals surface area contributed by atoms with Crippen molar-refractivity contribution in [2.24, 2.45) is 4.99 Å². The minimum atomic E-state index is -1.64. The van der Waals surface area contributed by atoms with Crippen molar-refractivity contribution in [3.05, 3.63) is 22.7 Å². The quantitative estimate of drug-likeness (QED) is 0.354. The second kappa shape index (κ2) is 4.96. The molecule has 1 rings (SSSR count). The fraction of sp³-hybridized carbons (Fsp3) is 0.125. The van der Waals surface area contributed by atoms with Crippen LogP contribution in [-0.2, 0) is 8.59 Å². The van der Waals surface area contributed by atoms with Gasteiger partial charge in [-0.15, -0.1) is 12.6 Å². The minimum Gasteiger partial charge on any atom is -0.211 e. The zero-order chi connectivity index (χ0) is 11.6. The summed E-state index contributed by atoms with van der Waals surface area (Å²) in [6.07, 6.45) is 1.38. The SMILES string of the molecule is O=C=Nc1ccc(C(Cl)(Cl)Cl)c(Cl)c1S.